The van der Waals surface area contributed by atoms with Gasteiger partial charge in [-0.25, -0.2) is 9.48 Å². The fraction of sp³-hybridized carbons (Fsp3) is 0.0435. The highest BCUT2D eigenvalue weighted by Crippen LogP contribution is 2.35. The van der Waals surface area contributed by atoms with E-state index in [0.29, 0.717) is 27.7 Å². The maximum Gasteiger partial charge on any atom is 0.340 e. The van der Waals surface area contributed by atoms with Gasteiger partial charge in [-0.05, 0) is 36.4 Å². The summed E-state index contributed by atoms with van der Waals surface area (Å²) in [4.78, 5) is 12.3. The molecule has 144 valence electrons. The van der Waals surface area contributed by atoms with E-state index in [-0.39, 0.29) is 5.56 Å². The number of carboxylic acids is 1. The summed E-state index contributed by atoms with van der Waals surface area (Å²) >= 11 is 6.00. The first-order valence-electron chi connectivity index (χ1n) is 8.90. The summed E-state index contributed by atoms with van der Waals surface area (Å²) in [5, 5.41) is 15.3. The van der Waals surface area contributed by atoms with Gasteiger partial charge in [0, 0.05) is 16.1 Å². The lowest BCUT2D eigenvalue weighted by atomic mass is 10.0. The van der Waals surface area contributed by atoms with E-state index in [9.17, 15) is 9.90 Å². The Morgan fingerprint density at radius 2 is 1.59 bits per heavy atom. The normalized spacial score (nSPS) is 10.7. The Morgan fingerprint density at radius 3 is 2.17 bits per heavy atom. The summed E-state index contributed by atoms with van der Waals surface area (Å²) in [6.07, 6.45) is 0. The minimum atomic E-state index is -1.05. The summed E-state index contributed by atoms with van der Waals surface area (Å²) in [7, 11) is 1.60. The number of carbonyl (C=O) groups is 1. The largest absolute Gasteiger partial charge is 0.497 e. The molecule has 0 radical (unpaired) electrons. The van der Waals surface area contributed by atoms with Crippen LogP contribution in [0.1, 0.15) is 10.4 Å². The molecule has 0 fully saturated rings. The van der Waals surface area contributed by atoms with Gasteiger partial charge in [0.25, 0.3) is 0 Å². The van der Waals surface area contributed by atoms with Crippen LogP contribution in [0.15, 0.2) is 78.9 Å². The third kappa shape index (κ3) is 3.60. The maximum absolute atomic E-state index is 12.3. The zero-order chi connectivity index (χ0) is 20.4. The number of aromatic nitrogens is 2. The molecule has 4 rings (SSSR count). The molecule has 4 aromatic rings. The van der Waals surface area contributed by atoms with Crippen LogP contribution in [0.25, 0.3) is 28.2 Å². The zero-order valence-corrected chi connectivity index (χ0v) is 16.3. The molecule has 0 spiro atoms. The molecule has 0 saturated heterocycles. The van der Waals surface area contributed by atoms with Crippen molar-refractivity contribution in [3.63, 3.8) is 0 Å². The molecule has 1 N–H and O–H groups in total. The van der Waals surface area contributed by atoms with Crippen LogP contribution < -0.4 is 4.74 Å². The van der Waals surface area contributed by atoms with E-state index >= 15 is 0 Å². The molecule has 1 aromatic heterocycles. The average molecular weight is 405 g/mol. The maximum atomic E-state index is 12.3. The standard InChI is InChI=1S/C23H17ClN2O3/c1-29-19-13-11-18(12-14-19)26-22(16-5-3-2-4-6-16)20(23(27)28)21(25-26)15-7-9-17(24)10-8-15/h2-14H,1H3,(H,27,28). The van der Waals surface area contributed by atoms with Crippen molar-refractivity contribution in [2.45, 2.75) is 0 Å². The fourth-order valence-electron chi connectivity index (χ4n) is 3.20. The van der Waals surface area contributed by atoms with Gasteiger partial charge in [-0.1, -0.05) is 54.1 Å². The second-order valence-corrected chi connectivity index (χ2v) is 6.80. The van der Waals surface area contributed by atoms with Crippen LogP contribution in [0.4, 0.5) is 0 Å². The first-order chi connectivity index (χ1) is 14.1. The van der Waals surface area contributed by atoms with Crippen LogP contribution in [0.5, 0.6) is 5.75 Å². The van der Waals surface area contributed by atoms with Crippen molar-refractivity contribution >= 4 is 17.6 Å². The Morgan fingerprint density at radius 1 is 0.931 bits per heavy atom. The van der Waals surface area contributed by atoms with Crippen LogP contribution in [0.2, 0.25) is 5.02 Å². The van der Waals surface area contributed by atoms with Crippen molar-refractivity contribution in [1.82, 2.24) is 9.78 Å². The van der Waals surface area contributed by atoms with E-state index < -0.39 is 5.97 Å². The fourth-order valence-corrected chi connectivity index (χ4v) is 3.33. The van der Waals surface area contributed by atoms with Crippen LogP contribution >= 0.6 is 11.6 Å². The number of aromatic carboxylic acids is 1. The zero-order valence-electron chi connectivity index (χ0n) is 15.5. The lowest BCUT2D eigenvalue weighted by molar-refractivity contribution is 0.0698. The van der Waals surface area contributed by atoms with E-state index in [0.717, 1.165) is 11.3 Å². The molecule has 3 aromatic carbocycles. The number of nitrogens with zero attached hydrogens (tertiary/aromatic N) is 2. The molecule has 0 aliphatic carbocycles. The number of carboxylic acid groups (broad SMARTS) is 1. The van der Waals surface area contributed by atoms with Gasteiger partial charge in [0.2, 0.25) is 0 Å². The van der Waals surface area contributed by atoms with Crippen LogP contribution in [0.3, 0.4) is 0 Å². The number of benzene rings is 3. The average Bonchev–Trinajstić information content (AvgIpc) is 3.16. The summed E-state index contributed by atoms with van der Waals surface area (Å²) < 4.78 is 6.89. The van der Waals surface area contributed by atoms with Crippen LogP contribution in [-0.4, -0.2) is 28.0 Å². The molecule has 0 bridgehead atoms. The summed E-state index contributed by atoms with van der Waals surface area (Å²) in [5.74, 6) is -0.341. The topological polar surface area (TPSA) is 64.4 Å². The van der Waals surface area contributed by atoms with Crippen molar-refractivity contribution in [2.24, 2.45) is 0 Å². The van der Waals surface area contributed by atoms with E-state index in [1.165, 1.54) is 0 Å². The molecule has 0 aliphatic rings. The minimum Gasteiger partial charge on any atom is -0.497 e. The molecular formula is C23H17ClN2O3. The molecular weight excluding hydrogens is 388 g/mol. The Bertz CT molecular complexity index is 1150. The van der Waals surface area contributed by atoms with Gasteiger partial charge in [-0.2, -0.15) is 5.10 Å². The lowest BCUT2D eigenvalue weighted by Crippen LogP contribution is -2.03. The number of halogens is 1. The number of rotatable bonds is 5. The van der Waals surface area contributed by atoms with Crippen molar-refractivity contribution in [3.8, 4) is 34.0 Å². The van der Waals surface area contributed by atoms with E-state index in [4.69, 9.17) is 16.3 Å². The van der Waals surface area contributed by atoms with Gasteiger partial charge in [-0.15, -0.1) is 0 Å². The number of hydrogen-bond acceptors (Lipinski definition) is 3. The molecule has 29 heavy (non-hydrogen) atoms. The molecule has 0 amide bonds. The first kappa shape index (κ1) is 18.8. The molecule has 5 nitrogen and oxygen atoms in total. The Hall–Kier alpha value is -3.57. The van der Waals surface area contributed by atoms with Gasteiger partial charge in [0.15, 0.2) is 0 Å². The minimum absolute atomic E-state index is 0.134. The van der Waals surface area contributed by atoms with Gasteiger partial charge in [0.05, 0.1) is 18.5 Å². The Kier molecular flexibility index (Phi) is 5.06. The Balaban J connectivity index is 2.01. The second-order valence-electron chi connectivity index (χ2n) is 6.36. The van der Waals surface area contributed by atoms with Crippen LogP contribution in [-0.2, 0) is 0 Å². The highest BCUT2D eigenvalue weighted by molar-refractivity contribution is 6.30. The SMILES string of the molecule is COc1ccc(-n2nc(-c3ccc(Cl)cc3)c(C(=O)O)c2-c2ccccc2)cc1. The monoisotopic (exact) mass is 404 g/mol. The molecule has 0 aliphatic heterocycles. The van der Waals surface area contributed by atoms with Gasteiger partial charge in [-0.3, -0.25) is 0 Å². The lowest BCUT2D eigenvalue weighted by Gasteiger charge is -2.09. The smallest absolute Gasteiger partial charge is 0.340 e. The molecule has 0 unspecified atom stereocenters. The predicted molar refractivity (Wildman–Crippen MR) is 113 cm³/mol. The second kappa shape index (κ2) is 7.81. The van der Waals surface area contributed by atoms with Gasteiger partial charge < -0.3 is 9.84 Å². The summed E-state index contributed by atoms with van der Waals surface area (Å²) in [5.41, 5.74) is 3.18. The molecule has 1 heterocycles. The van der Waals surface area contributed by atoms with Crippen molar-refractivity contribution in [3.05, 3.63) is 89.4 Å². The van der Waals surface area contributed by atoms with Crippen molar-refractivity contribution in [1.29, 1.82) is 0 Å². The van der Waals surface area contributed by atoms with E-state index in [2.05, 4.69) is 5.10 Å². The molecule has 0 saturated carbocycles. The Labute approximate surface area is 172 Å². The third-order valence-corrected chi connectivity index (χ3v) is 4.83. The van der Waals surface area contributed by atoms with Crippen LogP contribution in [0, 0.1) is 0 Å². The highest BCUT2D eigenvalue weighted by atomic mass is 35.5. The van der Waals surface area contributed by atoms with Gasteiger partial charge in [0.1, 0.15) is 17.0 Å². The molecule has 6 heteroatoms. The van der Waals surface area contributed by atoms with Gasteiger partial charge >= 0.3 is 5.97 Å². The predicted octanol–water partition coefficient (Wildman–Crippen LogP) is 5.57. The molecule has 0 atom stereocenters. The third-order valence-electron chi connectivity index (χ3n) is 4.58. The number of methoxy groups -OCH3 is 1. The number of hydrogen-bond donors (Lipinski definition) is 1. The summed E-state index contributed by atoms with van der Waals surface area (Å²) in [6, 6.07) is 23.7. The van der Waals surface area contributed by atoms with Crippen molar-refractivity contribution < 1.29 is 14.6 Å². The number of ether oxygens (including phenoxy) is 1. The van der Waals surface area contributed by atoms with E-state index in [1.54, 1.807) is 36.1 Å². The van der Waals surface area contributed by atoms with Crippen molar-refractivity contribution in [2.75, 3.05) is 7.11 Å². The van der Waals surface area contributed by atoms with E-state index in [1.807, 2.05) is 54.6 Å². The quantitative estimate of drug-likeness (QED) is 0.472. The summed E-state index contributed by atoms with van der Waals surface area (Å²) in [6.45, 7) is 0. The first-order valence-corrected chi connectivity index (χ1v) is 9.28. The highest BCUT2D eigenvalue weighted by Gasteiger charge is 2.26.